The van der Waals surface area contributed by atoms with E-state index < -0.39 is 23.3 Å². The molecule has 0 bridgehead atoms. The van der Waals surface area contributed by atoms with Crippen LogP contribution in [0.1, 0.15) is 48.4 Å². The van der Waals surface area contributed by atoms with Gasteiger partial charge in [-0.25, -0.2) is 17.6 Å². The van der Waals surface area contributed by atoms with Crippen molar-refractivity contribution in [3.63, 3.8) is 0 Å². The smallest absolute Gasteiger partial charge is 0.167 e. The number of ether oxygens (including phenoxy) is 2. The van der Waals surface area contributed by atoms with E-state index >= 15 is 0 Å². The summed E-state index contributed by atoms with van der Waals surface area (Å²) in [6.45, 7) is 2.22. The Labute approximate surface area is 209 Å². The molecule has 0 saturated heterocycles. The van der Waals surface area contributed by atoms with E-state index in [0.717, 1.165) is 17.6 Å². The predicted molar refractivity (Wildman–Crippen MR) is 134 cm³/mol. The number of methoxy groups -OCH3 is 1. The monoisotopic (exact) mass is 498 g/mol. The van der Waals surface area contributed by atoms with E-state index in [0.29, 0.717) is 49.0 Å². The molecule has 1 aliphatic carbocycles. The molecule has 0 N–H and O–H groups in total. The zero-order valence-electron chi connectivity index (χ0n) is 20.6. The normalized spacial score (nSPS) is 15.7. The number of aryl methyl sites for hydroxylation is 2. The second-order valence-corrected chi connectivity index (χ2v) is 9.00. The minimum Gasteiger partial charge on any atom is -0.381 e. The van der Waals surface area contributed by atoms with Gasteiger partial charge in [0.1, 0.15) is 0 Å². The van der Waals surface area contributed by atoms with Crippen molar-refractivity contribution >= 4 is 5.57 Å². The second kappa shape index (κ2) is 11.8. The first-order chi connectivity index (χ1) is 17.4. The number of hydrogen-bond donors (Lipinski definition) is 0. The summed E-state index contributed by atoms with van der Waals surface area (Å²) in [5.74, 6) is -3.45. The zero-order chi connectivity index (χ0) is 25.7. The van der Waals surface area contributed by atoms with Gasteiger partial charge in [0.15, 0.2) is 23.3 Å². The fourth-order valence-electron chi connectivity index (χ4n) is 4.57. The molecule has 3 aromatic carbocycles. The standard InChI is InChI=1S/C30H30F4O2/c1-3-36-18-23-13-17-26(30(34)28(23)32)20-7-4-19(5-8-20)6-9-22-12-16-25(29(33)27(22)31)21-10-14-24(35-2)15-11-21/h4-5,7-8,10,12-13,16-17,24H,3,6,9,11,14-15,18H2,1-2H3. The van der Waals surface area contributed by atoms with Gasteiger partial charge in [0, 0.05) is 30.4 Å². The lowest BCUT2D eigenvalue weighted by Crippen LogP contribution is -2.14. The van der Waals surface area contributed by atoms with Gasteiger partial charge in [-0.3, -0.25) is 0 Å². The summed E-state index contributed by atoms with van der Waals surface area (Å²) in [6.07, 6.45) is 5.00. The Kier molecular flexibility index (Phi) is 8.60. The molecule has 1 unspecified atom stereocenters. The Balaban J connectivity index is 1.43. The number of rotatable bonds is 9. The molecule has 3 aromatic rings. The molecule has 0 fully saturated rings. The molecule has 2 nitrogen and oxygen atoms in total. The molecule has 0 heterocycles. The van der Waals surface area contributed by atoms with E-state index in [1.54, 1.807) is 56.5 Å². The van der Waals surface area contributed by atoms with E-state index in [2.05, 4.69) is 0 Å². The third-order valence-corrected chi connectivity index (χ3v) is 6.78. The van der Waals surface area contributed by atoms with Crippen molar-refractivity contribution < 1.29 is 27.0 Å². The first-order valence-electron chi connectivity index (χ1n) is 12.3. The van der Waals surface area contributed by atoms with E-state index in [9.17, 15) is 17.6 Å². The highest BCUT2D eigenvalue weighted by Gasteiger charge is 2.20. The van der Waals surface area contributed by atoms with Crippen LogP contribution in [0.5, 0.6) is 0 Å². The van der Waals surface area contributed by atoms with Crippen molar-refractivity contribution in [1.29, 1.82) is 0 Å². The van der Waals surface area contributed by atoms with E-state index in [4.69, 9.17) is 9.47 Å². The zero-order valence-corrected chi connectivity index (χ0v) is 20.6. The molecule has 0 radical (unpaired) electrons. The molecule has 0 aromatic heterocycles. The van der Waals surface area contributed by atoms with E-state index in [1.807, 2.05) is 6.08 Å². The molecular formula is C30H30F4O2. The van der Waals surface area contributed by atoms with Gasteiger partial charge in [-0.1, -0.05) is 54.6 Å². The summed E-state index contributed by atoms with van der Waals surface area (Å²) in [5, 5.41) is 0. The quantitative estimate of drug-likeness (QED) is 0.280. The Bertz CT molecular complexity index is 1230. The van der Waals surface area contributed by atoms with Crippen molar-refractivity contribution in [2.75, 3.05) is 13.7 Å². The lowest BCUT2D eigenvalue weighted by atomic mass is 9.90. The van der Waals surface area contributed by atoms with Gasteiger partial charge >= 0.3 is 0 Å². The number of allylic oxidation sites excluding steroid dienone is 1. The maximum atomic E-state index is 14.8. The van der Waals surface area contributed by atoms with E-state index in [1.165, 1.54) is 6.07 Å². The van der Waals surface area contributed by atoms with Gasteiger partial charge in [-0.05, 0) is 61.3 Å². The van der Waals surface area contributed by atoms with Crippen molar-refractivity contribution in [2.45, 2.75) is 51.7 Å². The first kappa shape index (κ1) is 26.1. The molecule has 6 heteroatoms. The first-order valence-corrected chi connectivity index (χ1v) is 12.3. The molecule has 0 amide bonds. The Hall–Kier alpha value is -2.96. The van der Waals surface area contributed by atoms with Crippen LogP contribution in [0.15, 0.2) is 54.6 Å². The van der Waals surface area contributed by atoms with Crippen molar-refractivity contribution in [3.8, 4) is 11.1 Å². The predicted octanol–water partition coefficient (Wildman–Crippen LogP) is 7.81. The summed E-state index contributed by atoms with van der Waals surface area (Å²) in [5.41, 5.74) is 3.21. The molecule has 190 valence electrons. The second-order valence-electron chi connectivity index (χ2n) is 9.00. The largest absolute Gasteiger partial charge is 0.381 e. The van der Waals surface area contributed by atoms with Crippen LogP contribution in [0.2, 0.25) is 0 Å². The maximum absolute atomic E-state index is 14.8. The SMILES string of the molecule is CCOCc1ccc(-c2ccc(CCc3ccc(C4=CCC(OC)CC4)c(F)c3F)cc2)c(F)c1F. The van der Waals surface area contributed by atoms with Crippen LogP contribution in [-0.4, -0.2) is 19.8 Å². The Morgan fingerprint density at radius 1 is 0.778 bits per heavy atom. The van der Waals surface area contributed by atoms with E-state index in [-0.39, 0.29) is 23.8 Å². The van der Waals surface area contributed by atoms with Crippen LogP contribution in [0.25, 0.3) is 16.7 Å². The Morgan fingerprint density at radius 2 is 1.44 bits per heavy atom. The fourth-order valence-corrected chi connectivity index (χ4v) is 4.57. The summed E-state index contributed by atoms with van der Waals surface area (Å²) < 4.78 is 69.2. The van der Waals surface area contributed by atoms with Crippen molar-refractivity contribution in [1.82, 2.24) is 0 Å². The van der Waals surface area contributed by atoms with Crippen LogP contribution in [0, 0.1) is 23.3 Å². The highest BCUT2D eigenvalue weighted by atomic mass is 19.2. The van der Waals surface area contributed by atoms with Gasteiger partial charge in [0.05, 0.1) is 12.7 Å². The summed E-state index contributed by atoms with van der Waals surface area (Å²) in [4.78, 5) is 0. The molecule has 0 saturated carbocycles. The van der Waals surface area contributed by atoms with Crippen molar-refractivity contribution in [2.24, 2.45) is 0 Å². The lowest BCUT2D eigenvalue weighted by molar-refractivity contribution is 0.0964. The molecule has 0 aliphatic heterocycles. The van der Waals surface area contributed by atoms with Crippen LogP contribution in [-0.2, 0) is 28.9 Å². The molecule has 1 aliphatic rings. The van der Waals surface area contributed by atoms with Crippen LogP contribution in [0.4, 0.5) is 17.6 Å². The number of halogens is 4. The maximum Gasteiger partial charge on any atom is 0.167 e. The van der Waals surface area contributed by atoms with Gasteiger partial charge in [-0.2, -0.15) is 0 Å². The molecule has 4 rings (SSSR count). The topological polar surface area (TPSA) is 18.5 Å². The number of benzene rings is 3. The highest BCUT2D eigenvalue weighted by Crippen LogP contribution is 2.32. The Morgan fingerprint density at radius 3 is 2.11 bits per heavy atom. The molecule has 0 spiro atoms. The number of hydrogen-bond acceptors (Lipinski definition) is 2. The van der Waals surface area contributed by atoms with Gasteiger partial charge in [0.2, 0.25) is 0 Å². The van der Waals surface area contributed by atoms with Crippen LogP contribution < -0.4 is 0 Å². The summed E-state index contributed by atoms with van der Waals surface area (Å²) in [7, 11) is 1.66. The third kappa shape index (κ3) is 5.71. The third-order valence-electron chi connectivity index (χ3n) is 6.78. The average Bonchev–Trinajstić information content (AvgIpc) is 2.91. The fraction of sp³-hybridized carbons (Fsp3) is 0.333. The average molecular weight is 499 g/mol. The van der Waals surface area contributed by atoms with Crippen LogP contribution >= 0.6 is 0 Å². The van der Waals surface area contributed by atoms with Crippen molar-refractivity contribution in [3.05, 3.63) is 100 Å². The molecular weight excluding hydrogens is 468 g/mol. The van der Waals surface area contributed by atoms with Crippen LogP contribution in [0.3, 0.4) is 0 Å². The molecule has 36 heavy (non-hydrogen) atoms. The van der Waals surface area contributed by atoms with Gasteiger partial charge < -0.3 is 9.47 Å². The minimum absolute atomic E-state index is 0.0164. The highest BCUT2D eigenvalue weighted by molar-refractivity contribution is 5.67. The van der Waals surface area contributed by atoms with Gasteiger partial charge in [-0.15, -0.1) is 0 Å². The molecule has 1 atom stereocenters. The lowest BCUT2D eigenvalue weighted by Gasteiger charge is -2.21. The summed E-state index contributed by atoms with van der Waals surface area (Å²) >= 11 is 0. The van der Waals surface area contributed by atoms with Gasteiger partial charge in [0.25, 0.3) is 0 Å². The minimum atomic E-state index is -0.914. The summed E-state index contributed by atoms with van der Waals surface area (Å²) in [6, 6.07) is 13.4.